The van der Waals surface area contributed by atoms with E-state index in [1.807, 2.05) is 0 Å². The number of imidazole rings is 1. The van der Waals surface area contributed by atoms with Crippen LogP contribution >= 0.6 is 12.2 Å². The highest BCUT2D eigenvalue weighted by Crippen LogP contribution is 2.19. The molecule has 3 N–H and O–H groups in total. The van der Waals surface area contributed by atoms with Crippen LogP contribution in [-0.2, 0) is 0 Å². The molecule has 2 aromatic rings. The Balaban J connectivity index is 2.61. The third-order valence-electron chi connectivity index (χ3n) is 1.77. The van der Waals surface area contributed by atoms with Gasteiger partial charge in [0.25, 0.3) is 0 Å². The summed E-state index contributed by atoms with van der Waals surface area (Å²) in [5.41, 5.74) is 0.865. The number of aryl methyl sites for hydroxylation is 1. The number of aromatic carboxylic acids is 1. The zero-order valence-electron chi connectivity index (χ0n) is 7.70. The van der Waals surface area contributed by atoms with Gasteiger partial charge in [0, 0.05) is 0 Å². The van der Waals surface area contributed by atoms with Crippen LogP contribution in [-0.4, -0.2) is 26.0 Å². The Morgan fingerprint density at radius 3 is 2.87 bits per heavy atom. The molecular weight excluding hydrogens is 218 g/mol. The SMILES string of the molecule is Cc1coc(-c2[nH]c(=S)[nH]c2C(=O)O)n1. The summed E-state index contributed by atoms with van der Waals surface area (Å²) in [6.45, 7) is 1.74. The average molecular weight is 225 g/mol. The molecule has 0 unspecified atom stereocenters. The van der Waals surface area contributed by atoms with E-state index in [1.165, 1.54) is 6.26 Å². The average Bonchev–Trinajstić information content (AvgIpc) is 2.71. The number of carbonyl (C=O) groups is 1. The molecule has 0 fully saturated rings. The number of nitrogens with one attached hydrogen (secondary N) is 2. The molecule has 0 aliphatic rings. The van der Waals surface area contributed by atoms with Crippen LogP contribution in [0.4, 0.5) is 0 Å². The van der Waals surface area contributed by atoms with E-state index in [4.69, 9.17) is 21.7 Å². The van der Waals surface area contributed by atoms with Gasteiger partial charge in [-0.2, -0.15) is 0 Å². The summed E-state index contributed by atoms with van der Waals surface area (Å²) in [6.07, 6.45) is 1.44. The number of carboxylic acid groups (broad SMARTS) is 1. The Hall–Kier alpha value is -1.89. The van der Waals surface area contributed by atoms with Crippen molar-refractivity contribution in [3.05, 3.63) is 22.4 Å². The first-order valence-corrected chi connectivity index (χ1v) is 4.47. The van der Waals surface area contributed by atoms with Crippen molar-refractivity contribution in [2.24, 2.45) is 0 Å². The summed E-state index contributed by atoms with van der Waals surface area (Å²) >= 11 is 4.80. The van der Waals surface area contributed by atoms with E-state index in [2.05, 4.69) is 15.0 Å². The van der Waals surface area contributed by atoms with Gasteiger partial charge < -0.3 is 19.5 Å². The van der Waals surface area contributed by atoms with Crippen molar-refractivity contribution in [2.45, 2.75) is 6.92 Å². The molecule has 0 aliphatic heterocycles. The zero-order valence-corrected chi connectivity index (χ0v) is 8.51. The predicted octanol–water partition coefficient (Wildman–Crippen LogP) is 1.73. The van der Waals surface area contributed by atoms with Gasteiger partial charge in [0.05, 0.1) is 5.69 Å². The van der Waals surface area contributed by atoms with Crippen LogP contribution in [0.5, 0.6) is 0 Å². The third kappa shape index (κ3) is 1.68. The quantitative estimate of drug-likeness (QED) is 0.676. The van der Waals surface area contributed by atoms with E-state index in [-0.39, 0.29) is 22.0 Å². The van der Waals surface area contributed by atoms with Crippen molar-refractivity contribution in [2.75, 3.05) is 0 Å². The monoisotopic (exact) mass is 225 g/mol. The van der Waals surface area contributed by atoms with Gasteiger partial charge in [-0.1, -0.05) is 0 Å². The normalized spacial score (nSPS) is 10.5. The number of aromatic nitrogens is 3. The summed E-state index contributed by atoms with van der Waals surface area (Å²) in [7, 11) is 0. The molecule has 2 heterocycles. The smallest absolute Gasteiger partial charge is 0.354 e. The van der Waals surface area contributed by atoms with Crippen molar-refractivity contribution < 1.29 is 14.3 Å². The molecule has 0 aromatic carbocycles. The topological polar surface area (TPSA) is 94.9 Å². The van der Waals surface area contributed by atoms with Gasteiger partial charge in [0.1, 0.15) is 12.0 Å². The molecule has 0 atom stereocenters. The van der Waals surface area contributed by atoms with Crippen molar-refractivity contribution in [3.63, 3.8) is 0 Å². The molecule has 0 saturated heterocycles. The van der Waals surface area contributed by atoms with Gasteiger partial charge in [-0.3, -0.25) is 0 Å². The highest BCUT2D eigenvalue weighted by molar-refractivity contribution is 7.71. The minimum atomic E-state index is -1.12. The molecule has 0 amide bonds. The number of hydrogen-bond donors (Lipinski definition) is 3. The lowest BCUT2D eigenvalue weighted by Crippen LogP contribution is -1.99. The fourth-order valence-corrected chi connectivity index (χ4v) is 1.38. The van der Waals surface area contributed by atoms with E-state index in [1.54, 1.807) is 6.92 Å². The van der Waals surface area contributed by atoms with Crippen LogP contribution in [0.2, 0.25) is 0 Å². The molecule has 2 aromatic heterocycles. The summed E-state index contributed by atoms with van der Waals surface area (Å²) in [4.78, 5) is 20.0. The lowest BCUT2D eigenvalue weighted by molar-refractivity contribution is 0.0691. The second kappa shape index (κ2) is 3.35. The summed E-state index contributed by atoms with van der Waals surface area (Å²) in [6, 6.07) is 0. The Labute approximate surface area is 89.0 Å². The Morgan fingerprint density at radius 2 is 2.33 bits per heavy atom. The molecular formula is C8H7N3O3S. The maximum absolute atomic E-state index is 10.8. The van der Waals surface area contributed by atoms with E-state index >= 15 is 0 Å². The number of aromatic amines is 2. The van der Waals surface area contributed by atoms with Gasteiger partial charge in [-0.15, -0.1) is 0 Å². The van der Waals surface area contributed by atoms with Crippen molar-refractivity contribution in [3.8, 4) is 11.6 Å². The molecule has 15 heavy (non-hydrogen) atoms. The summed E-state index contributed by atoms with van der Waals surface area (Å²) in [5, 5.41) is 8.88. The number of oxazole rings is 1. The first-order valence-electron chi connectivity index (χ1n) is 4.06. The van der Waals surface area contributed by atoms with Gasteiger partial charge in [-0.25, -0.2) is 9.78 Å². The van der Waals surface area contributed by atoms with Crippen LogP contribution in [0.25, 0.3) is 11.6 Å². The van der Waals surface area contributed by atoms with Crippen LogP contribution in [0, 0.1) is 11.7 Å². The lowest BCUT2D eigenvalue weighted by Gasteiger charge is -1.92. The number of carboxylic acids is 1. The van der Waals surface area contributed by atoms with E-state index in [0.29, 0.717) is 5.69 Å². The maximum Gasteiger partial charge on any atom is 0.354 e. The molecule has 78 valence electrons. The molecule has 6 nitrogen and oxygen atoms in total. The molecule has 0 saturated carbocycles. The lowest BCUT2D eigenvalue weighted by atomic mass is 10.3. The highest BCUT2D eigenvalue weighted by atomic mass is 32.1. The standard InChI is InChI=1S/C8H7N3O3S/c1-3-2-14-6(9-3)4-5(7(12)13)11-8(15)10-4/h2H,1H3,(H,12,13)(H2,10,11,15). The van der Waals surface area contributed by atoms with Gasteiger partial charge in [0.2, 0.25) is 5.89 Å². The largest absolute Gasteiger partial charge is 0.477 e. The van der Waals surface area contributed by atoms with E-state index < -0.39 is 5.97 Å². The van der Waals surface area contributed by atoms with Crippen LogP contribution in [0.3, 0.4) is 0 Å². The first-order chi connectivity index (χ1) is 7.08. The van der Waals surface area contributed by atoms with E-state index in [0.717, 1.165) is 0 Å². The zero-order chi connectivity index (χ0) is 11.0. The number of H-pyrrole nitrogens is 2. The number of nitrogens with zero attached hydrogens (tertiary/aromatic N) is 1. The molecule has 7 heteroatoms. The summed E-state index contributed by atoms with van der Waals surface area (Å²) in [5.74, 6) is -0.912. The minimum absolute atomic E-state index is 0.0538. The number of rotatable bonds is 2. The molecule has 0 aliphatic carbocycles. The van der Waals surface area contributed by atoms with Crippen molar-refractivity contribution >= 4 is 18.2 Å². The summed E-state index contributed by atoms with van der Waals surface area (Å²) < 4.78 is 5.30. The predicted molar refractivity (Wildman–Crippen MR) is 53.2 cm³/mol. The van der Waals surface area contributed by atoms with Gasteiger partial charge in [-0.05, 0) is 19.1 Å². The minimum Gasteiger partial charge on any atom is -0.477 e. The van der Waals surface area contributed by atoms with Gasteiger partial charge >= 0.3 is 5.97 Å². The maximum atomic E-state index is 10.8. The third-order valence-corrected chi connectivity index (χ3v) is 1.98. The van der Waals surface area contributed by atoms with Crippen molar-refractivity contribution in [1.29, 1.82) is 0 Å². The van der Waals surface area contributed by atoms with Crippen LogP contribution < -0.4 is 0 Å². The Bertz CT molecular complexity index is 566. The van der Waals surface area contributed by atoms with Crippen LogP contribution in [0.15, 0.2) is 10.7 Å². The second-order valence-corrected chi connectivity index (χ2v) is 3.34. The fourth-order valence-electron chi connectivity index (χ4n) is 1.17. The van der Waals surface area contributed by atoms with Gasteiger partial charge in [0.15, 0.2) is 10.5 Å². The van der Waals surface area contributed by atoms with E-state index in [9.17, 15) is 4.79 Å². The van der Waals surface area contributed by atoms with Crippen molar-refractivity contribution in [1.82, 2.24) is 15.0 Å². The number of hydrogen-bond acceptors (Lipinski definition) is 4. The molecule has 0 spiro atoms. The highest BCUT2D eigenvalue weighted by Gasteiger charge is 2.18. The van der Waals surface area contributed by atoms with Crippen LogP contribution in [0.1, 0.15) is 16.2 Å². The Morgan fingerprint density at radius 1 is 1.60 bits per heavy atom. The molecule has 0 bridgehead atoms. The molecule has 2 rings (SSSR count). The fraction of sp³-hybridized carbons (Fsp3) is 0.125. The molecule has 0 radical (unpaired) electrons. The second-order valence-electron chi connectivity index (χ2n) is 2.93. The Kier molecular flexibility index (Phi) is 2.16. The first kappa shape index (κ1) is 9.66.